The van der Waals surface area contributed by atoms with Crippen molar-refractivity contribution in [3.8, 4) is 0 Å². The summed E-state index contributed by atoms with van der Waals surface area (Å²) in [4.78, 5) is 11.7. The Balaban J connectivity index is 1.92. The van der Waals surface area contributed by atoms with Crippen LogP contribution in [0.15, 0.2) is 6.20 Å². The highest BCUT2D eigenvalue weighted by atomic mass is 15.3. The van der Waals surface area contributed by atoms with Crippen LogP contribution in [-0.2, 0) is 5.41 Å². The third-order valence-electron chi connectivity index (χ3n) is 4.56. The van der Waals surface area contributed by atoms with Crippen LogP contribution in [0, 0.1) is 0 Å². The van der Waals surface area contributed by atoms with E-state index in [1.165, 1.54) is 17.7 Å². The quantitative estimate of drug-likeness (QED) is 0.841. The Morgan fingerprint density at radius 1 is 1.42 bits per heavy atom. The zero-order chi connectivity index (χ0) is 13.6. The van der Waals surface area contributed by atoms with Gasteiger partial charge < -0.3 is 10.6 Å². The number of rotatable bonds is 1. The minimum Gasteiger partial charge on any atom is -0.339 e. The summed E-state index contributed by atoms with van der Waals surface area (Å²) in [5.41, 5.74) is 8.83. The van der Waals surface area contributed by atoms with E-state index in [2.05, 4.69) is 30.7 Å². The molecular weight excluding hydrogens is 236 g/mol. The lowest BCUT2D eigenvalue weighted by Gasteiger charge is -2.31. The standard InChI is InChI=1S/C15H24N4/c1-10-7-15(2,3)12-8-17-14(18-13(10)12)19-6-4-5-11(16)9-19/h8,10-11H,4-7,9,16H2,1-3H3. The normalized spacial score (nSPS) is 29.4. The maximum Gasteiger partial charge on any atom is 0.225 e. The van der Waals surface area contributed by atoms with Gasteiger partial charge in [0.05, 0.1) is 5.69 Å². The summed E-state index contributed by atoms with van der Waals surface area (Å²) in [5, 5.41) is 0. The van der Waals surface area contributed by atoms with Crippen molar-refractivity contribution < 1.29 is 0 Å². The van der Waals surface area contributed by atoms with Crippen LogP contribution in [0.4, 0.5) is 5.95 Å². The average molecular weight is 260 g/mol. The van der Waals surface area contributed by atoms with Gasteiger partial charge in [0, 0.05) is 25.3 Å². The number of anilines is 1. The number of nitrogens with two attached hydrogens (primary N) is 1. The third kappa shape index (κ3) is 2.22. The molecule has 1 aromatic heterocycles. The van der Waals surface area contributed by atoms with Crippen molar-refractivity contribution in [2.45, 2.75) is 57.4 Å². The fourth-order valence-corrected chi connectivity index (χ4v) is 3.60. The second-order valence-electron chi connectivity index (χ2n) is 6.81. The molecule has 2 unspecified atom stereocenters. The molecule has 2 N–H and O–H groups in total. The Morgan fingerprint density at radius 2 is 2.21 bits per heavy atom. The lowest BCUT2D eigenvalue weighted by molar-refractivity contribution is 0.488. The van der Waals surface area contributed by atoms with Crippen molar-refractivity contribution in [3.05, 3.63) is 17.5 Å². The fourth-order valence-electron chi connectivity index (χ4n) is 3.60. The molecule has 1 saturated heterocycles. The first-order chi connectivity index (χ1) is 8.97. The Kier molecular flexibility index (Phi) is 3.01. The van der Waals surface area contributed by atoms with Gasteiger partial charge in [0.2, 0.25) is 5.95 Å². The molecular formula is C15H24N4. The molecule has 3 rings (SSSR count). The molecule has 0 bridgehead atoms. The Labute approximate surface area is 115 Å². The van der Waals surface area contributed by atoms with Gasteiger partial charge >= 0.3 is 0 Å². The molecule has 2 aliphatic rings. The molecule has 2 atom stereocenters. The minimum absolute atomic E-state index is 0.214. The van der Waals surface area contributed by atoms with Gasteiger partial charge in [-0.3, -0.25) is 0 Å². The van der Waals surface area contributed by atoms with Crippen LogP contribution in [0.1, 0.15) is 57.2 Å². The lowest BCUT2D eigenvalue weighted by atomic mass is 9.87. The SMILES string of the molecule is CC1CC(C)(C)c2cnc(N3CCCC(N)C3)nc21. The van der Waals surface area contributed by atoms with Crippen LogP contribution in [0.25, 0.3) is 0 Å². The largest absolute Gasteiger partial charge is 0.339 e. The molecule has 4 nitrogen and oxygen atoms in total. The maximum atomic E-state index is 6.05. The van der Waals surface area contributed by atoms with Gasteiger partial charge in [0.15, 0.2) is 0 Å². The van der Waals surface area contributed by atoms with E-state index < -0.39 is 0 Å². The van der Waals surface area contributed by atoms with Crippen molar-refractivity contribution in [3.63, 3.8) is 0 Å². The Hall–Kier alpha value is -1.16. The molecule has 0 radical (unpaired) electrons. The number of fused-ring (bicyclic) bond motifs is 1. The van der Waals surface area contributed by atoms with E-state index >= 15 is 0 Å². The molecule has 0 aromatic carbocycles. The summed E-state index contributed by atoms with van der Waals surface area (Å²) in [6, 6.07) is 0.263. The van der Waals surface area contributed by atoms with Crippen LogP contribution in [-0.4, -0.2) is 29.1 Å². The van der Waals surface area contributed by atoms with Crippen LogP contribution in [0.3, 0.4) is 0 Å². The number of aromatic nitrogens is 2. The molecule has 4 heteroatoms. The summed E-state index contributed by atoms with van der Waals surface area (Å²) >= 11 is 0. The van der Waals surface area contributed by atoms with E-state index in [4.69, 9.17) is 10.7 Å². The zero-order valence-electron chi connectivity index (χ0n) is 12.2. The van der Waals surface area contributed by atoms with E-state index in [-0.39, 0.29) is 11.5 Å². The van der Waals surface area contributed by atoms with Crippen LogP contribution < -0.4 is 10.6 Å². The number of piperidine rings is 1. The van der Waals surface area contributed by atoms with Crippen molar-refractivity contribution in [2.24, 2.45) is 5.73 Å². The molecule has 1 aromatic rings. The van der Waals surface area contributed by atoms with Crippen molar-refractivity contribution in [1.82, 2.24) is 9.97 Å². The number of hydrogen-bond acceptors (Lipinski definition) is 4. The molecule has 2 heterocycles. The number of hydrogen-bond donors (Lipinski definition) is 1. The zero-order valence-corrected chi connectivity index (χ0v) is 12.2. The van der Waals surface area contributed by atoms with E-state index in [1.54, 1.807) is 0 Å². The van der Waals surface area contributed by atoms with Gasteiger partial charge in [-0.15, -0.1) is 0 Å². The average Bonchev–Trinajstić information content (AvgIpc) is 2.59. The molecule has 0 amide bonds. The first-order valence-corrected chi connectivity index (χ1v) is 7.35. The highest BCUT2D eigenvalue weighted by Gasteiger charge is 2.36. The topological polar surface area (TPSA) is 55.0 Å². The third-order valence-corrected chi connectivity index (χ3v) is 4.56. The summed E-state index contributed by atoms with van der Waals surface area (Å²) < 4.78 is 0. The predicted molar refractivity (Wildman–Crippen MR) is 77.5 cm³/mol. The first kappa shape index (κ1) is 12.9. The highest BCUT2D eigenvalue weighted by molar-refractivity contribution is 5.41. The van der Waals surface area contributed by atoms with Crippen molar-refractivity contribution in [2.75, 3.05) is 18.0 Å². The second-order valence-corrected chi connectivity index (χ2v) is 6.81. The fraction of sp³-hybridized carbons (Fsp3) is 0.733. The van der Waals surface area contributed by atoms with E-state index in [0.717, 1.165) is 31.9 Å². The van der Waals surface area contributed by atoms with Gasteiger partial charge in [0.1, 0.15) is 0 Å². The minimum atomic E-state index is 0.214. The lowest BCUT2D eigenvalue weighted by Crippen LogP contribution is -2.43. The van der Waals surface area contributed by atoms with Crippen molar-refractivity contribution in [1.29, 1.82) is 0 Å². The van der Waals surface area contributed by atoms with E-state index in [9.17, 15) is 0 Å². The summed E-state index contributed by atoms with van der Waals surface area (Å²) in [5.74, 6) is 1.41. The first-order valence-electron chi connectivity index (χ1n) is 7.35. The van der Waals surface area contributed by atoms with Gasteiger partial charge in [-0.1, -0.05) is 20.8 Å². The molecule has 1 fully saturated rings. The van der Waals surface area contributed by atoms with E-state index in [0.29, 0.717) is 5.92 Å². The highest BCUT2D eigenvalue weighted by Crippen LogP contribution is 2.44. The van der Waals surface area contributed by atoms with Crippen molar-refractivity contribution >= 4 is 5.95 Å². The van der Waals surface area contributed by atoms with Gasteiger partial charge in [-0.25, -0.2) is 9.97 Å². The van der Waals surface area contributed by atoms with Crippen LogP contribution >= 0.6 is 0 Å². The van der Waals surface area contributed by atoms with Gasteiger partial charge in [0.25, 0.3) is 0 Å². The molecule has 1 aliphatic heterocycles. The van der Waals surface area contributed by atoms with Gasteiger partial charge in [-0.2, -0.15) is 0 Å². The van der Waals surface area contributed by atoms with Crippen LogP contribution in [0.5, 0.6) is 0 Å². The second kappa shape index (κ2) is 4.44. The monoisotopic (exact) mass is 260 g/mol. The molecule has 1 aliphatic carbocycles. The summed E-state index contributed by atoms with van der Waals surface area (Å²) in [6.07, 6.45) is 5.47. The summed E-state index contributed by atoms with van der Waals surface area (Å²) in [7, 11) is 0. The molecule has 104 valence electrons. The van der Waals surface area contributed by atoms with Gasteiger partial charge in [-0.05, 0) is 36.2 Å². The Bertz CT molecular complexity index is 483. The van der Waals surface area contributed by atoms with Crippen LogP contribution in [0.2, 0.25) is 0 Å². The Morgan fingerprint density at radius 3 is 2.95 bits per heavy atom. The van der Waals surface area contributed by atoms with E-state index in [1.807, 2.05) is 6.20 Å². The predicted octanol–water partition coefficient (Wildman–Crippen LogP) is 2.19. The molecule has 0 spiro atoms. The molecule has 19 heavy (non-hydrogen) atoms. The number of nitrogens with zero attached hydrogens (tertiary/aromatic N) is 3. The maximum absolute atomic E-state index is 6.05. The molecule has 0 saturated carbocycles. The summed E-state index contributed by atoms with van der Waals surface area (Å²) in [6.45, 7) is 8.76. The smallest absolute Gasteiger partial charge is 0.225 e.